The molecule has 4 heterocycles. The van der Waals surface area contributed by atoms with Gasteiger partial charge in [0.25, 0.3) is 0 Å². The fourth-order valence-electron chi connectivity index (χ4n) is 5.72. The summed E-state index contributed by atoms with van der Waals surface area (Å²) in [4.78, 5) is 0. The first-order chi connectivity index (χ1) is 21.3. The standard InChI is InChI=1S/C24H46N4O17.4ClH/c25-9-15(35)18(6(2-30)39-21(9)38)43-23-11(27)17(37)20(8(4-32)41-23)45-24-12(28)16(36)19(7(3-31)42-24)44-22-10(26)14(34)13(33)5(1-29)40-22;;;;/h5-24,29-38H,1-4,25-28H2;4*1H/t5-,6-,7-,8-,9-,10-,11-,12-,13-,14-,15-,16-,17-,18-,19-,20-,21?,22+,23+,24+;;;;/m1..../s1. The number of aliphatic hydroxyl groups is 10. The molecule has 0 aromatic heterocycles. The van der Waals surface area contributed by atoms with Crippen molar-refractivity contribution < 1.29 is 84.2 Å². The molecular weight excluding hydrogens is 758 g/mol. The lowest BCUT2D eigenvalue weighted by molar-refractivity contribution is -0.358. The zero-order valence-corrected chi connectivity index (χ0v) is 28.9. The molecule has 4 fully saturated rings. The van der Waals surface area contributed by atoms with Gasteiger partial charge in [0.2, 0.25) is 0 Å². The number of hydrogen-bond acceptors (Lipinski definition) is 21. The van der Waals surface area contributed by atoms with Crippen molar-refractivity contribution in [3.63, 3.8) is 0 Å². The van der Waals surface area contributed by atoms with E-state index in [1.807, 2.05) is 0 Å². The van der Waals surface area contributed by atoms with Crippen LogP contribution in [0.5, 0.6) is 0 Å². The molecule has 25 heteroatoms. The summed E-state index contributed by atoms with van der Waals surface area (Å²) < 4.78 is 39.2. The first-order valence-electron chi connectivity index (χ1n) is 14.4. The molecule has 4 aliphatic rings. The van der Waals surface area contributed by atoms with Crippen LogP contribution in [-0.2, 0) is 33.2 Å². The zero-order valence-electron chi connectivity index (χ0n) is 25.6. The third-order valence-electron chi connectivity index (χ3n) is 8.52. The fourth-order valence-corrected chi connectivity index (χ4v) is 5.72. The molecule has 0 bridgehead atoms. The second-order valence-corrected chi connectivity index (χ2v) is 11.5. The fraction of sp³-hybridized carbons (Fsp3) is 1.00. The second-order valence-electron chi connectivity index (χ2n) is 11.5. The Hall–Kier alpha value is 0.320. The van der Waals surface area contributed by atoms with Gasteiger partial charge in [-0.3, -0.25) is 0 Å². The van der Waals surface area contributed by atoms with E-state index in [0.29, 0.717) is 0 Å². The largest absolute Gasteiger partial charge is 0.394 e. The summed E-state index contributed by atoms with van der Waals surface area (Å²) in [6.07, 6.45) is -23.5. The van der Waals surface area contributed by atoms with Crippen LogP contribution in [0.15, 0.2) is 0 Å². The lowest BCUT2D eigenvalue weighted by atomic mass is 9.94. The van der Waals surface area contributed by atoms with Gasteiger partial charge in [-0.05, 0) is 0 Å². The third kappa shape index (κ3) is 10.3. The average molecular weight is 808 g/mol. The molecule has 18 N–H and O–H groups in total. The van der Waals surface area contributed by atoms with Crippen molar-refractivity contribution >= 4 is 49.6 Å². The van der Waals surface area contributed by atoms with Gasteiger partial charge in [-0.25, -0.2) is 0 Å². The van der Waals surface area contributed by atoms with Crippen molar-refractivity contribution in [1.29, 1.82) is 0 Å². The van der Waals surface area contributed by atoms with Gasteiger partial charge in [-0.15, -0.1) is 49.6 Å². The van der Waals surface area contributed by atoms with Gasteiger partial charge in [0.15, 0.2) is 25.2 Å². The SMILES string of the molecule is Cl.Cl.Cl.Cl.N[C@H]1[C@H](O[C@H]2[C@H](O)[C@@H](N)[C@H](O[C@H]3[C@H](O)[C@@H](N)[C@H](O[C@H]4[C@H](O)[C@@H](N)C(O)O[C@@H]4CO)O[C@@H]3CO)O[C@@H]2CO)O[C@H](CO)[C@@H](O)[C@@H]1O. The number of nitrogens with two attached hydrogens (primary N) is 4. The lowest BCUT2D eigenvalue weighted by Gasteiger charge is -2.49. The molecule has 20 atom stereocenters. The van der Waals surface area contributed by atoms with Gasteiger partial charge >= 0.3 is 0 Å². The van der Waals surface area contributed by atoms with Crippen LogP contribution >= 0.6 is 49.6 Å². The highest BCUT2D eigenvalue weighted by Crippen LogP contribution is 2.33. The molecule has 4 aliphatic heterocycles. The second kappa shape index (κ2) is 21.3. The van der Waals surface area contributed by atoms with Crippen LogP contribution in [0.1, 0.15) is 0 Å². The summed E-state index contributed by atoms with van der Waals surface area (Å²) >= 11 is 0. The minimum absolute atomic E-state index is 0. The maximum absolute atomic E-state index is 11.1. The van der Waals surface area contributed by atoms with Crippen LogP contribution in [0.4, 0.5) is 0 Å². The normalized spacial score (nSPS) is 48.6. The van der Waals surface area contributed by atoms with Crippen LogP contribution in [-0.4, -0.2) is 200 Å². The molecule has 4 rings (SSSR count). The molecule has 4 saturated heterocycles. The van der Waals surface area contributed by atoms with Gasteiger partial charge in [-0.2, -0.15) is 0 Å². The Labute approximate surface area is 305 Å². The zero-order chi connectivity index (χ0) is 33.3. The molecule has 296 valence electrons. The van der Waals surface area contributed by atoms with E-state index >= 15 is 0 Å². The van der Waals surface area contributed by atoms with Gasteiger partial charge in [0, 0.05) is 0 Å². The molecule has 0 aliphatic carbocycles. The minimum atomic E-state index is -1.65. The number of halogens is 4. The Bertz CT molecular complexity index is 945. The van der Waals surface area contributed by atoms with Crippen LogP contribution < -0.4 is 22.9 Å². The van der Waals surface area contributed by atoms with E-state index in [1.165, 1.54) is 0 Å². The Morgan fingerprint density at radius 1 is 0.388 bits per heavy atom. The molecule has 0 amide bonds. The predicted molar refractivity (Wildman–Crippen MR) is 171 cm³/mol. The Morgan fingerprint density at radius 3 is 1.02 bits per heavy atom. The molecule has 0 aromatic carbocycles. The van der Waals surface area contributed by atoms with E-state index in [-0.39, 0.29) is 49.6 Å². The van der Waals surface area contributed by atoms with E-state index in [0.717, 1.165) is 0 Å². The van der Waals surface area contributed by atoms with E-state index < -0.39 is 149 Å². The van der Waals surface area contributed by atoms with Crippen molar-refractivity contribution in [2.75, 3.05) is 26.4 Å². The van der Waals surface area contributed by atoms with Gasteiger partial charge < -0.3 is 107 Å². The summed E-state index contributed by atoms with van der Waals surface area (Å²) in [6.45, 7) is -2.91. The molecule has 0 saturated carbocycles. The minimum Gasteiger partial charge on any atom is -0.394 e. The summed E-state index contributed by atoms with van der Waals surface area (Å²) in [5.41, 5.74) is 24.0. The van der Waals surface area contributed by atoms with Crippen molar-refractivity contribution in [1.82, 2.24) is 0 Å². The maximum atomic E-state index is 11.1. The maximum Gasteiger partial charge on any atom is 0.176 e. The summed E-state index contributed by atoms with van der Waals surface area (Å²) in [6, 6.07) is -5.48. The third-order valence-corrected chi connectivity index (χ3v) is 8.52. The number of ether oxygens (including phenoxy) is 7. The Balaban J connectivity index is 0.00000576. The highest BCUT2D eigenvalue weighted by molar-refractivity contribution is 5.86. The number of hydrogen-bond donors (Lipinski definition) is 14. The van der Waals surface area contributed by atoms with Crippen LogP contribution in [0.25, 0.3) is 0 Å². The predicted octanol–water partition coefficient (Wildman–Crippen LogP) is -8.20. The van der Waals surface area contributed by atoms with Crippen LogP contribution in [0, 0.1) is 0 Å². The topological polar surface area (TPSA) is 371 Å². The first-order valence-corrected chi connectivity index (χ1v) is 14.4. The van der Waals surface area contributed by atoms with Crippen molar-refractivity contribution in [2.45, 2.75) is 123 Å². The Morgan fingerprint density at radius 2 is 0.673 bits per heavy atom. The summed E-state index contributed by atoms with van der Waals surface area (Å²) in [5.74, 6) is 0. The average Bonchev–Trinajstić information content (AvgIpc) is 3.03. The van der Waals surface area contributed by atoms with Crippen molar-refractivity contribution in [2.24, 2.45) is 22.9 Å². The summed E-state index contributed by atoms with van der Waals surface area (Å²) in [7, 11) is 0. The monoisotopic (exact) mass is 806 g/mol. The molecule has 49 heavy (non-hydrogen) atoms. The highest BCUT2D eigenvalue weighted by Gasteiger charge is 2.54. The molecule has 1 unspecified atom stereocenters. The van der Waals surface area contributed by atoms with E-state index in [9.17, 15) is 51.1 Å². The van der Waals surface area contributed by atoms with E-state index in [1.54, 1.807) is 0 Å². The van der Waals surface area contributed by atoms with Gasteiger partial charge in [0.05, 0.1) is 50.6 Å². The van der Waals surface area contributed by atoms with Crippen molar-refractivity contribution in [3.05, 3.63) is 0 Å². The smallest absolute Gasteiger partial charge is 0.176 e. The molecule has 0 spiro atoms. The lowest BCUT2D eigenvalue weighted by Crippen LogP contribution is -2.70. The van der Waals surface area contributed by atoms with Crippen LogP contribution in [0.2, 0.25) is 0 Å². The Kier molecular flexibility index (Phi) is 21.4. The van der Waals surface area contributed by atoms with Gasteiger partial charge in [-0.1, -0.05) is 0 Å². The summed E-state index contributed by atoms with van der Waals surface area (Å²) in [5, 5.41) is 102. The first kappa shape index (κ1) is 49.3. The van der Waals surface area contributed by atoms with Crippen molar-refractivity contribution in [3.8, 4) is 0 Å². The highest BCUT2D eigenvalue weighted by atomic mass is 35.5. The molecular formula is C24H50Cl4N4O17. The van der Waals surface area contributed by atoms with E-state index in [2.05, 4.69) is 0 Å². The molecule has 0 aromatic rings. The quantitative estimate of drug-likeness (QED) is 0.0974. The van der Waals surface area contributed by atoms with Crippen LogP contribution in [0.3, 0.4) is 0 Å². The number of rotatable bonds is 10. The molecule has 0 radical (unpaired) electrons. The van der Waals surface area contributed by atoms with Gasteiger partial charge in [0.1, 0.15) is 73.2 Å². The van der Waals surface area contributed by atoms with E-state index in [4.69, 9.17) is 56.1 Å². The number of aliphatic hydroxyl groups excluding tert-OH is 10. The molecule has 21 nitrogen and oxygen atoms in total.